The zero-order valence-electron chi connectivity index (χ0n) is 19.1. The van der Waals surface area contributed by atoms with E-state index in [9.17, 15) is 9.59 Å². The molecule has 0 spiro atoms. The number of carbonyl (C=O) groups excluding carboxylic acids is 2. The molecule has 4 aromatic rings. The monoisotopic (exact) mass is 467 g/mol. The fourth-order valence-electron chi connectivity index (χ4n) is 4.98. The second kappa shape index (κ2) is 8.92. The van der Waals surface area contributed by atoms with Crippen LogP contribution in [0.3, 0.4) is 0 Å². The van der Waals surface area contributed by atoms with Gasteiger partial charge in [-0.1, -0.05) is 48.5 Å². The van der Waals surface area contributed by atoms with Crippen molar-refractivity contribution >= 4 is 22.6 Å². The van der Waals surface area contributed by atoms with Crippen LogP contribution in [0.1, 0.15) is 32.3 Å². The van der Waals surface area contributed by atoms with Crippen molar-refractivity contribution in [1.82, 2.24) is 14.8 Å². The molecule has 1 amide bonds. The van der Waals surface area contributed by atoms with E-state index >= 15 is 0 Å². The lowest BCUT2D eigenvalue weighted by Gasteiger charge is -2.39. The summed E-state index contributed by atoms with van der Waals surface area (Å²) in [7, 11) is 0. The third kappa shape index (κ3) is 3.94. The number of rotatable bonds is 5. The SMILES string of the molecule is O=C(c1c[nH]c2ccccc12)C(c1ccccc1)N1CCN(C(=O)c2ccc3c(c2)OCO3)CC1. The summed E-state index contributed by atoms with van der Waals surface area (Å²) in [6, 6.07) is 22.6. The highest BCUT2D eigenvalue weighted by Gasteiger charge is 2.33. The summed E-state index contributed by atoms with van der Waals surface area (Å²) < 4.78 is 10.8. The summed E-state index contributed by atoms with van der Waals surface area (Å²) in [6.45, 7) is 2.46. The molecule has 2 aliphatic rings. The van der Waals surface area contributed by atoms with Gasteiger partial charge in [0.25, 0.3) is 5.91 Å². The van der Waals surface area contributed by atoms with Crippen molar-refractivity contribution in [3.05, 3.63) is 95.7 Å². The Morgan fingerprint density at radius 1 is 0.829 bits per heavy atom. The lowest BCUT2D eigenvalue weighted by Crippen LogP contribution is -2.51. The number of Topliss-reactive ketones (excluding diaryl/α,β-unsaturated/α-hetero) is 1. The number of carbonyl (C=O) groups is 2. The zero-order chi connectivity index (χ0) is 23.8. The smallest absolute Gasteiger partial charge is 0.254 e. The number of aromatic amines is 1. The van der Waals surface area contributed by atoms with Gasteiger partial charge in [0, 0.05) is 54.4 Å². The van der Waals surface area contributed by atoms with Crippen LogP contribution in [0.2, 0.25) is 0 Å². The van der Waals surface area contributed by atoms with Gasteiger partial charge < -0.3 is 19.4 Å². The van der Waals surface area contributed by atoms with Crippen molar-refractivity contribution in [2.75, 3.05) is 33.0 Å². The first-order chi connectivity index (χ1) is 17.2. The normalized spacial score (nSPS) is 16.4. The Morgan fingerprint density at radius 2 is 1.57 bits per heavy atom. The number of ether oxygens (including phenoxy) is 2. The Bertz CT molecular complexity index is 1390. The number of fused-ring (bicyclic) bond motifs is 2. The maximum atomic E-state index is 13.9. The lowest BCUT2D eigenvalue weighted by atomic mass is 9.95. The van der Waals surface area contributed by atoms with Crippen LogP contribution in [0.15, 0.2) is 79.0 Å². The molecule has 0 saturated carbocycles. The van der Waals surface area contributed by atoms with Crippen molar-refractivity contribution in [3.8, 4) is 11.5 Å². The molecular weight excluding hydrogens is 442 g/mol. The predicted molar refractivity (Wildman–Crippen MR) is 132 cm³/mol. The van der Waals surface area contributed by atoms with Gasteiger partial charge in [-0.25, -0.2) is 0 Å². The van der Waals surface area contributed by atoms with Gasteiger partial charge in [-0.2, -0.15) is 0 Å². The molecule has 1 N–H and O–H groups in total. The van der Waals surface area contributed by atoms with E-state index in [0.717, 1.165) is 16.5 Å². The number of amides is 1. The standard InChI is InChI=1S/C28H25N3O4/c32-27(22-17-29-23-9-5-4-8-21(22)23)26(19-6-2-1-3-7-19)30-12-14-31(15-13-30)28(33)20-10-11-24-25(16-20)35-18-34-24/h1-11,16-17,26,29H,12-15,18H2. The van der Waals surface area contributed by atoms with E-state index in [1.165, 1.54) is 0 Å². The first-order valence-corrected chi connectivity index (χ1v) is 11.8. The molecule has 1 unspecified atom stereocenters. The van der Waals surface area contributed by atoms with Gasteiger partial charge in [0.15, 0.2) is 17.3 Å². The van der Waals surface area contributed by atoms with E-state index in [4.69, 9.17) is 9.47 Å². The van der Waals surface area contributed by atoms with Gasteiger partial charge in [-0.15, -0.1) is 0 Å². The summed E-state index contributed by atoms with van der Waals surface area (Å²) in [5.74, 6) is 1.28. The van der Waals surface area contributed by atoms with Crippen LogP contribution in [0.25, 0.3) is 10.9 Å². The van der Waals surface area contributed by atoms with Gasteiger partial charge >= 0.3 is 0 Å². The summed E-state index contributed by atoms with van der Waals surface area (Å²) in [5.41, 5.74) is 3.17. The molecule has 1 saturated heterocycles. The molecule has 1 atom stereocenters. The van der Waals surface area contributed by atoms with Crippen molar-refractivity contribution in [3.63, 3.8) is 0 Å². The molecule has 0 radical (unpaired) electrons. The van der Waals surface area contributed by atoms with Crippen LogP contribution >= 0.6 is 0 Å². The van der Waals surface area contributed by atoms with Crippen molar-refractivity contribution in [2.24, 2.45) is 0 Å². The van der Waals surface area contributed by atoms with Crippen molar-refractivity contribution in [2.45, 2.75) is 6.04 Å². The first-order valence-electron chi connectivity index (χ1n) is 11.8. The minimum atomic E-state index is -0.418. The number of piperazine rings is 1. The van der Waals surface area contributed by atoms with E-state index in [1.54, 1.807) is 18.2 Å². The van der Waals surface area contributed by atoms with Crippen LogP contribution in [-0.2, 0) is 0 Å². The molecule has 3 heterocycles. The van der Waals surface area contributed by atoms with Crippen LogP contribution in [0.5, 0.6) is 11.5 Å². The van der Waals surface area contributed by atoms with Crippen LogP contribution in [0, 0.1) is 0 Å². The van der Waals surface area contributed by atoms with Gasteiger partial charge in [-0.05, 0) is 29.8 Å². The number of benzene rings is 3. The molecule has 7 nitrogen and oxygen atoms in total. The second-order valence-electron chi connectivity index (χ2n) is 8.82. The maximum Gasteiger partial charge on any atom is 0.254 e. The van der Waals surface area contributed by atoms with E-state index in [2.05, 4.69) is 9.88 Å². The number of nitrogens with one attached hydrogen (secondary N) is 1. The van der Waals surface area contributed by atoms with Gasteiger partial charge in [0.05, 0.1) is 6.04 Å². The number of nitrogens with zero attached hydrogens (tertiary/aromatic N) is 2. The van der Waals surface area contributed by atoms with E-state index < -0.39 is 6.04 Å². The summed E-state index contributed by atoms with van der Waals surface area (Å²) in [6.07, 6.45) is 1.81. The third-order valence-corrected chi connectivity index (χ3v) is 6.80. The molecular formula is C28H25N3O4. The fourth-order valence-corrected chi connectivity index (χ4v) is 4.98. The summed E-state index contributed by atoms with van der Waals surface area (Å²) >= 11 is 0. The third-order valence-electron chi connectivity index (χ3n) is 6.80. The van der Waals surface area contributed by atoms with Gasteiger partial charge in [0.1, 0.15) is 0 Å². The van der Waals surface area contributed by atoms with Gasteiger partial charge in [-0.3, -0.25) is 14.5 Å². The molecule has 1 aromatic heterocycles. The number of para-hydroxylation sites is 1. The van der Waals surface area contributed by atoms with E-state index in [1.807, 2.05) is 65.7 Å². The Labute approximate surface area is 202 Å². The van der Waals surface area contributed by atoms with Crippen LogP contribution < -0.4 is 9.47 Å². The van der Waals surface area contributed by atoms with Crippen molar-refractivity contribution < 1.29 is 19.1 Å². The van der Waals surface area contributed by atoms with Crippen LogP contribution in [-0.4, -0.2) is 59.4 Å². The minimum Gasteiger partial charge on any atom is -0.454 e. The Kier molecular flexibility index (Phi) is 5.47. The highest BCUT2D eigenvalue weighted by atomic mass is 16.7. The minimum absolute atomic E-state index is 0.0397. The van der Waals surface area contributed by atoms with E-state index in [-0.39, 0.29) is 18.5 Å². The Hall–Kier alpha value is -4.10. The quantitative estimate of drug-likeness (QED) is 0.444. The molecule has 35 heavy (non-hydrogen) atoms. The molecule has 3 aromatic carbocycles. The summed E-state index contributed by atoms with van der Waals surface area (Å²) in [4.78, 5) is 34.3. The first kappa shape index (κ1) is 21.4. The Morgan fingerprint density at radius 3 is 2.40 bits per heavy atom. The molecule has 6 rings (SSSR count). The van der Waals surface area contributed by atoms with Crippen molar-refractivity contribution in [1.29, 1.82) is 0 Å². The molecule has 176 valence electrons. The number of aromatic nitrogens is 1. The number of ketones is 1. The van der Waals surface area contributed by atoms with Crippen LogP contribution in [0.4, 0.5) is 0 Å². The lowest BCUT2D eigenvalue weighted by molar-refractivity contribution is 0.0532. The molecule has 7 heteroatoms. The number of hydrogen-bond acceptors (Lipinski definition) is 5. The highest BCUT2D eigenvalue weighted by molar-refractivity contribution is 6.10. The predicted octanol–water partition coefficient (Wildman–Crippen LogP) is 4.28. The topological polar surface area (TPSA) is 74.9 Å². The van der Waals surface area contributed by atoms with E-state index in [0.29, 0.717) is 48.8 Å². The molecule has 0 bridgehead atoms. The average Bonchev–Trinajstić information content (AvgIpc) is 3.56. The molecule has 0 aliphatic carbocycles. The second-order valence-corrected chi connectivity index (χ2v) is 8.82. The van der Waals surface area contributed by atoms with Gasteiger partial charge in [0.2, 0.25) is 6.79 Å². The highest BCUT2D eigenvalue weighted by Crippen LogP contribution is 2.33. The number of H-pyrrole nitrogens is 1. The molecule has 2 aliphatic heterocycles. The largest absolute Gasteiger partial charge is 0.454 e. The maximum absolute atomic E-state index is 13.9. The summed E-state index contributed by atoms with van der Waals surface area (Å²) in [5, 5.41) is 0.926. The fraction of sp³-hybridized carbons (Fsp3) is 0.214. The number of hydrogen-bond donors (Lipinski definition) is 1. The zero-order valence-corrected chi connectivity index (χ0v) is 19.1. The Balaban J connectivity index is 1.23. The average molecular weight is 468 g/mol. The molecule has 1 fully saturated rings.